The summed E-state index contributed by atoms with van der Waals surface area (Å²) in [5.41, 5.74) is 1.87. The predicted octanol–water partition coefficient (Wildman–Crippen LogP) is 1.78. The molecule has 1 heterocycles. The molecule has 1 aromatic carbocycles. The molecule has 126 valence electrons. The van der Waals surface area contributed by atoms with Crippen LogP contribution in [0, 0.1) is 0 Å². The van der Waals surface area contributed by atoms with Crippen LogP contribution in [0.25, 0.3) is 0 Å². The third-order valence-corrected chi connectivity index (χ3v) is 3.90. The summed E-state index contributed by atoms with van der Waals surface area (Å²) in [5.74, 6) is 0.758. The van der Waals surface area contributed by atoms with Crippen LogP contribution in [0.15, 0.2) is 35.9 Å². The van der Waals surface area contributed by atoms with E-state index in [0.29, 0.717) is 37.6 Å². The van der Waals surface area contributed by atoms with Crippen LogP contribution in [0.3, 0.4) is 0 Å². The van der Waals surface area contributed by atoms with E-state index in [-0.39, 0.29) is 12.5 Å². The largest absolute Gasteiger partial charge is 0.490 e. The lowest BCUT2D eigenvalue weighted by atomic mass is 10.1. The van der Waals surface area contributed by atoms with Gasteiger partial charge in [-0.2, -0.15) is 0 Å². The summed E-state index contributed by atoms with van der Waals surface area (Å²) in [6.07, 6.45) is 2.01. The van der Waals surface area contributed by atoms with Gasteiger partial charge in [-0.15, -0.1) is 0 Å². The molecule has 23 heavy (non-hydrogen) atoms. The summed E-state index contributed by atoms with van der Waals surface area (Å²) < 4.78 is 5.66. The van der Waals surface area contributed by atoms with E-state index in [1.165, 1.54) is 5.57 Å². The normalized spacial score (nSPS) is 15.3. The minimum atomic E-state index is 0.0429. The van der Waals surface area contributed by atoms with Crippen molar-refractivity contribution in [3.05, 3.63) is 41.5 Å². The number of carbonyl (C=O) groups excluding carboxylic acids is 1. The number of amides is 1. The zero-order valence-corrected chi connectivity index (χ0v) is 14.0. The van der Waals surface area contributed by atoms with Crippen molar-refractivity contribution < 1.29 is 14.6 Å². The molecule has 0 radical (unpaired) electrons. The number of piperazine rings is 1. The lowest BCUT2D eigenvalue weighted by molar-refractivity contribution is 0.0614. The van der Waals surface area contributed by atoms with Crippen molar-refractivity contribution in [2.75, 3.05) is 45.9 Å². The second-order valence-electron chi connectivity index (χ2n) is 5.98. The zero-order valence-electron chi connectivity index (χ0n) is 14.0. The molecule has 0 atom stereocenters. The molecule has 0 unspecified atom stereocenters. The highest BCUT2D eigenvalue weighted by Gasteiger charge is 2.21. The molecular formula is C18H26N2O3. The van der Waals surface area contributed by atoms with Gasteiger partial charge >= 0.3 is 0 Å². The van der Waals surface area contributed by atoms with Crippen molar-refractivity contribution in [1.29, 1.82) is 0 Å². The van der Waals surface area contributed by atoms with Crippen LogP contribution >= 0.6 is 0 Å². The first kappa shape index (κ1) is 17.5. The standard InChI is InChI=1S/C18H26N2O3/c1-15(2)6-13-23-17-5-3-4-16(14-17)18(22)20-9-7-19(8-10-20)11-12-21/h3-6,14,21H,7-13H2,1-2H3. The molecule has 1 fully saturated rings. The first-order chi connectivity index (χ1) is 11.1. The van der Waals surface area contributed by atoms with Gasteiger partial charge in [0.1, 0.15) is 12.4 Å². The monoisotopic (exact) mass is 318 g/mol. The summed E-state index contributed by atoms with van der Waals surface area (Å²) in [6.45, 7) is 8.42. The Hall–Kier alpha value is -1.85. The first-order valence-electron chi connectivity index (χ1n) is 8.09. The fourth-order valence-corrected chi connectivity index (χ4v) is 2.52. The molecule has 5 heteroatoms. The van der Waals surface area contributed by atoms with Gasteiger partial charge in [0.15, 0.2) is 0 Å². The van der Waals surface area contributed by atoms with E-state index in [1.807, 2.05) is 43.0 Å². The van der Waals surface area contributed by atoms with Gasteiger partial charge in [-0.25, -0.2) is 0 Å². The summed E-state index contributed by atoms with van der Waals surface area (Å²) >= 11 is 0. The highest BCUT2D eigenvalue weighted by atomic mass is 16.5. The SMILES string of the molecule is CC(C)=CCOc1cccc(C(=O)N2CCN(CCO)CC2)c1. The molecule has 0 saturated carbocycles. The Labute approximate surface area is 138 Å². The van der Waals surface area contributed by atoms with E-state index in [1.54, 1.807) is 6.07 Å². The van der Waals surface area contributed by atoms with Crippen molar-refractivity contribution in [2.45, 2.75) is 13.8 Å². The van der Waals surface area contributed by atoms with Gasteiger partial charge in [-0.1, -0.05) is 11.6 Å². The lowest BCUT2D eigenvalue weighted by Gasteiger charge is -2.34. The van der Waals surface area contributed by atoms with E-state index in [0.717, 1.165) is 13.1 Å². The number of rotatable bonds is 6. The number of nitrogens with zero attached hydrogens (tertiary/aromatic N) is 2. The topological polar surface area (TPSA) is 53.0 Å². The summed E-state index contributed by atoms with van der Waals surface area (Å²) in [4.78, 5) is 16.6. The van der Waals surface area contributed by atoms with E-state index in [2.05, 4.69) is 4.90 Å². The fourth-order valence-electron chi connectivity index (χ4n) is 2.52. The predicted molar refractivity (Wildman–Crippen MR) is 90.8 cm³/mol. The molecule has 0 aromatic heterocycles. The Morgan fingerprint density at radius 3 is 2.65 bits per heavy atom. The smallest absolute Gasteiger partial charge is 0.254 e. The fraction of sp³-hybridized carbons (Fsp3) is 0.500. The minimum absolute atomic E-state index is 0.0429. The van der Waals surface area contributed by atoms with Crippen molar-refractivity contribution in [2.24, 2.45) is 0 Å². The van der Waals surface area contributed by atoms with Gasteiger partial charge in [0.25, 0.3) is 5.91 Å². The maximum absolute atomic E-state index is 12.6. The summed E-state index contributed by atoms with van der Waals surface area (Å²) in [6, 6.07) is 7.36. The average Bonchev–Trinajstić information content (AvgIpc) is 2.55. The molecule has 1 N–H and O–H groups in total. The molecule has 1 saturated heterocycles. The first-order valence-corrected chi connectivity index (χ1v) is 8.09. The maximum Gasteiger partial charge on any atom is 0.254 e. The third kappa shape index (κ3) is 5.37. The van der Waals surface area contributed by atoms with Gasteiger partial charge in [0, 0.05) is 38.3 Å². The van der Waals surface area contributed by atoms with Crippen molar-refractivity contribution >= 4 is 5.91 Å². The Kier molecular flexibility index (Phi) is 6.62. The molecule has 1 aliphatic rings. The third-order valence-electron chi connectivity index (χ3n) is 3.90. The highest BCUT2D eigenvalue weighted by Crippen LogP contribution is 2.16. The molecule has 0 spiro atoms. The Morgan fingerprint density at radius 2 is 2.00 bits per heavy atom. The second kappa shape index (κ2) is 8.70. The number of aliphatic hydroxyl groups is 1. The van der Waals surface area contributed by atoms with E-state index < -0.39 is 0 Å². The van der Waals surface area contributed by atoms with E-state index in [4.69, 9.17) is 9.84 Å². The molecule has 5 nitrogen and oxygen atoms in total. The number of carbonyl (C=O) groups is 1. The van der Waals surface area contributed by atoms with E-state index >= 15 is 0 Å². The summed E-state index contributed by atoms with van der Waals surface area (Å²) in [5, 5.41) is 8.97. The van der Waals surface area contributed by atoms with Crippen molar-refractivity contribution in [3.63, 3.8) is 0 Å². The second-order valence-corrected chi connectivity index (χ2v) is 5.98. The van der Waals surface area contributed by atoms with Crippen LogP contribution in [0.4, 0.5) is 0 Å². The lowest BCUT2D eigenvalue weighted by Crippen LogP contribution is -2.49. The van der Waals surface area contributed by atoms with E-state index in [9.17, 15) is 4.79 Å². The molecular weight excluding hydrogens is 292 g/mol. The van der Waals surface area contributed by atoms with Crippen LogP contribution in [0.1, 0.15) is 24.2 Å². The van der Waals surface area contributed by atoms with Crippen molar-refractivity contribution in [1.82, 2.24) is 9.80 Å². The van der Waals surface area contributed by atoms with Crippen LogP contribution in [0.2, 0.25) is 0 Å². The average molecular weight is 318 g/mol. The minimum Gasteiger partial charge on any atom is -0.490 e. The van der Waals surface area contributed by atoms with Crippen LogP contribution in [-0.4, -0.2) is 66.8 Å². The molecule has 2 rings (SSSR count). The number of β-amino-alcohol motifs (C(OH)–C–C–N with tert-alkyl or cyclic N) is 1. The maximum atomic E-state index is 12.6. The van der Waals surface area contributed by atoms with Gasteiger partial charge < -0.3 is 14.7 Å². The van der Waals surface area contributed by atoms with Crippen molar-refractivity contribution in [3.8, 4) is 5.75 Å². The zero-order chi connectivity index (χ0) is 16.7. The number of hydrogen-bond donors (Lipinski definition) is 1. The Bertz CT molecular complexity index is 545. The molecule has 1 aromatic rings. The van der Waals surface area contributed by atoms with Gasteiger partial charge in [0.05, 0.1) is 6.61 Å². The van der Waals surface area contributed by atoms with Gasteiger partial charge in [0.2, 0.25) is 0 Å². The number of allylic oxidation sites excluding steroid dienone is 1. The Balaban J connectivity index is 1.93. The highest BCUT2D eigenvalue weighted by molar-refractivity contribution is 5.94. The van der Waals surface area contributed by atoms with Gasteiger partial charge in [-0.3, -0.25) is 9.69 Å². The van der Waals surface area contributed by atoms with Gasteiger partial charge in [-0.05, 0) is 38.1 Å². The number of benzene rings is 1. The summed E-state index contributed by atoms with van der Waals surface area (Å²) in [7, 11) is 0. The molecule has 0 aliphatic carbocycles. The molecule has 1 amide bonds. The quantitative estimate of drug-likeness (QED) is 0.813. The number of aliphatic hydroxyl groups excluding tert-OH is 1. The van der Waals surface area contributed by atoms with Crippen LogP contribution in [-0.2, 0) is 0 Å². The number of hydrogen-bond acceptors (Lipinski definition) is 4. The van der Waals surface area contributed by atoms with Crippen LogP contribution < -0.4 is 4.74 Å². The van der Waals surface area contributed by atoms with Crippen LogP contribution in [0.5, 0.6) is 5.75 Å². The Morgan fingerprint density at radius 1 is 1.26 bits per heavy atom. The molecule has 0 bridgehead atoms. The number of ether oxygens (including phenoxy) is 1. The molecule has 1 aliphatic heterocycles.